The molecule has 0 spiro atoms. The number of hydrogen-bond acceptors (Lipinski definition) is 2. The summed E-state index contributed by atoms with van der Waals surface area (Å²) in [5, 5.41) is 8.72. The Labute approximate surface area is 156 Å². The number of phenols is 1. The van der Waals surface area contributed by atoms with Crippen LogP contribution in [0, 0.1) is 11.6 Å². The Morgan fingerprint density at radius 2 is 1.36 bits per heavy atom. The van der Waals surface area contributed by atoms with E-state index >= 15 is 0 Å². The van der Waals surface area contributed by atoms with Gasteiger partial charge >= 0.3 is 12.5 Å². The lowest BCUT2D eigenvalue weighted by molar-refractivity contribution is -0.253. The Bertz CT molecular complexity index is 627. The van der Waals surface area contributed by atoms with E-state index in [4.69, 9.17) is 5.11 Å². The van der Waals surface area contributed by atoms with Crippen LogP contribution in [-0.4, -0.2) is 17.6 Å². The van der Waals surface area contributed by atoms with Crippen molar-refractivity contribution >= 4 is 31.9 Å². The number of hydrogen-bond donors (Lipinski definition) is 1. The predicted octanol–water partition coefficient (Wildman–Crippen LogP) is 6.75. The number of benzene rings is 2. The Morgan fingerprint density at radius 1 is 0.880 bits per heavy atom. The molecule has 0 aliphatic carbocycles. The lowest BCUT2D eigenvalue weighted by atomic mass is 10.3. The average molecular weight is 498 g/mol. The Kier molecular flexibility index (Phi) is 9.34. The first-order valence-electron chi connectivity index (χ1n) is 5.95. The molecule has 0 aliphatic heterocycles. The van der Waals surface area contributed by atoms with Crippen molar-refractivity contribution in [1.82, 2.24) is 0 Å². The SMILES string of the molecule is C.Fc1cc(Br)cc(OC(F)(F)C(F)F)c1.Oc1cc(F)cc(Br)c1. The van der Waals surface area contributed by atoms with Gasteiger partial charge in [-0.2, -0.15) is 17.6 Å². The van der Waals surface area contributed by atoms with Gasteiger partial charge in [0, 0.05) is 21.1 Å². The van der Waals surface area contributed by atoms with Crippen molar-refractivity contribution in [2.45, 2.75) is 20.0 Å². The highest BCUT2D eigenvalue weighted by Gasteiger charge is 2.44. The van der Waals surface area contributed by atoms with Crippen molar-refractivity contribution < 1.29 is 36.2 Å². The highest BCUT2D eigenvalue weighted by molar-refractivity contribution is 9.10. The highest BCUT2D eigenvalue weighted by atomic mass is 79.9. The maximum Gasteiger partial charge on any atom is 0.461 e. The third kappa shape index (κ3) is 8.48. The van der Waals surface area contributed by atoms with E-state index in [1.807, 2.05) is 0 Å². The summed E-state index contributed by atoms with van der Waals surface area (Å²) in [6, 6.07) is 6.27. The molecule has 25 heavy (non-hydrogen) atoms. The van der Waals surface area contributed by atoms with Gasteiger partial charge in [0.15, 0.2) is 0 Å². The topological polar surface area (TPSA) is 29.5 Å². The molecule has 2 aromatic rings. The second kappa shape index (κ2) is 9.91. The fourth-order valence-electron chi connectivity index (χ4n) is 1.33. The molecule has 140 valence electrons. The summed E-state index contributed by atoms with van der Waals surface area (Å²) < 4.78 is 77.4. The molecular weight excluding hydrogens is 486 g/mol. The van der Waals surface area contributed by atoms with E-state index in [-0.39, 0.29) is 17.6 Å². The van der Waals surface area contributed by atoms with Gasteiger partial charge in [-0.1, -0.05) is 39.3 Å². The van der Waals surface area contributed by atoms with Crippen molar-refractivity contribution in [1.29, 1.82) is 0 Å². The first-order valence-corrected chi connectivity index (χ1v) is 7.54. The molecule has 0 heterocycles. The van der Waals surface area contributed by atoms with E-state index in [2.05, 4.69) is 36.6 Å². The minimum atomic E-state index is -4.63. The van der Waals surface area contributed by atoms with Gasteiger partial charge in [0.2, 0.25) is 0 Å². The second-order valence-corrected chi connectivity index (χ2v) is 6.03. The van der Waals surface area contributed by atoms with Gasteiger partial charge < -0.3 is 9.84 Å². The summed E-state index contributed by atoms with van der Waals surface area (Å²) in [6.07, 6.45) is -8.60. The van der Waals surface area contributed by atoms with Gasteiger partial charge in [0.1, 0.15) is 23.1 Å². The van der Waals surface area contributed by atoms with Crippen molar-refractivity contribution in [3.8, 4) is 11.5 Å². The lowest BCUT2D eigenvalue weighted by Gasteiger charge is -2.16. The van der Waals surface area contributed by atoms with E-state index in [9.17, 15) is 26.3 Å². The zero-order valence-electron chi connectivity index (χ0n) is 11.4. The monoisotopic (exact) mass is 496 g/mol. The third-order valence-corrected chi connectivity index (χ3v) is 3.11. The fourth-order valence-corrected chi connectivity index (χ4v) is 2.23. The van der Waals surface area contributed by atoms with Gasteiger partial charge in [0.05, 0.1) is 0 Å². The molecule has 2 nitrogen and oxygen atoms in total. The summed E-state index contributed by atoms with van der Waals surface area (Å²) in [6.45, 7) is 0. The van der Waals surface area contributed by atoms with Crippen molar-refractivity contribution in [3.63, 3.8) is 0 Å². The van der Waals surface area contributed by atoms with Crippen molar-refractivity contribution in [2.24, 2.45) is 0 Å². The smallest absolute Gasteiger partial charge is 0.461 e. The van der Waals surface area contributed by atoms with Crippen LogP contribution in [0.5, 0.6) is 11.5 Å². The zero-order valence-corrected chi connectivity index (χ0v) is 14.6. The van der Waals surface area contributed by atoms with Gasteiger partial charge in [0.25, 0.3) is 0 Å². The van der Waals surface area contributed by atoms with E-state index in [0.717, 1.165) is 18.2 Å². The first-order chi connectivity index (χ1) is 11.0. The standard InChI is InChI=1S/C8H4BrF5O.C6H4BrFO.CH4/c9-4-1-5(10)3-6(2-4)15-8(13,14)7(11)12;7-4-1-5(8)3-6(9)2-4;/h1-3,7H;1-3,9H;1H4. The summed E-state index contributed by atoms with van der Waals surface area (Å²) in [5.74, 6) is -2.06. The molecule has 0 saturated carbocycles. The normalized spacial score (nSPS) is 10.6. The summed E-state index contributed by atoms with van der Waals surface area (Å²) in [4.78, 5) is 0. The molecule has 0 unspecified atom stereocenters. The van der Waals surface area contributed by atoms with E-state index < -0.39 is 29.9 Å². The van der Waals surface area contributed by atoms with Gasteiger partial charge in [-0.3, -0.25) is 0 Å². The number of ether oxygens (including phenoxy) is 1. The summed E-state index contributed by atoms with van der Waals surface area (Å²) >= 11 is 5.82. The molecule has 0 aromatic heterocycles. The number of aromatic hydroxyl groups is 1. The molecule has 0 bridgehead atoms. The van der Waals surface area contributed by atoms with E-state index in [1.54, 1.807) is 0 Å². The molecule has 0 radical (unpaired) electrons. The zero-order chi connectivity index (χ0) is 18.5. The highest BCUT2D eigenvalue weighted by Crippen LogP contribution is 2.29. The average Bonchev–Trinajstić information content (AvgIpc) is 2.35. The molecule has 2 rings (SSSR count). The molecule has 1 N–H and O–H groups in total. The van der Waals surface area contributed by atoms with Gasteiger partial charge in [-0.15, -0.1) is 0 Å². The van der Waals surface area contributed by atoms with E-state index in [1.165, 1.54) is 12.1 Å². The molecule has 0 atom stereocenters. The Hall–Kier alpha value is -1.42. The summed E-state index contributed by atoms with van der Waals surface area (Å²) in [5.41, 5.74) is 0. The maximum absolute atomic E-state index is 12.7. The molecule has 2 aromatic carbocycles. The van der Waals surface area contributed by atoms with Crippen molar-refractivity contribution in [2.75, 3.05) is 0 Å². The fraction of sp³-hybridized carbons (Fsp3) is 0.200. The van der Waals surface area contributed by atoms with Crippen LogP contribution in [-0.2, 0) is 0 Å². The minimum Gasteiger partial charge on any atom is -0.508 e. The van der Waals surface area contributed by atoms with Crippen molar-refractivity contribution in [3.05, 3.63) is 57.0 Å². The molecule has 0 saturated heterocycles. The Balaban J connectivity index is 0.000000495. The van der Waals surface area contributed by atoms with Crippen LogP contribution in [0.1, 0.15) is 7.43 Å². The molecule has 0 amide bonds. The Morgan fingerprint density at radius 3 is 1.76 bits per heavy atom. The number of rotatable bonds is 3. The largest absolute Gasteiger partial charge is 0.508 e. The third-order valence-electron chi connectivity index (χ3n) is 2.19. The van der Waals surface area contributed by atoms with Crippen LogP contribution in [0.3, 0.4) is 0 Å². The van der Waals surface area contributed by atoms with Crippen LogP contribution >= 0.6 is 31.9 Å². The molecule has 10 heteroatoms. The van der Waals surface area contributed by atoms with Crippen LogP contribution in [0.15, 0.2) is 45.3 Å². The quantitative estimate of drug-likeness (QED) is 0.475. The molecule has 0 aliphatic rings. The first kappa shape index (κ1) is 23.6. The van der Waals surface area contributed by atoms with E-state index in [0.29, 0.717) is 10.5 Å². The minimum absolute atomic E-state index is 0. The lowest BCUT2D eigenvalue weighted by Crippen LogP contribution is -2.33. The maximum atomic E-state index is 12.7. The van der Waals surface area contributed by atoms with Gasteiger partial charge in [-0.25, -0.2) is 8.78 Å². The van der Waals surface area contributed by atoms with Crippen LogP contribution in [0.2, 0.25) is 0 Å². The second-order valence-electron chi connectivity index (χ2n) is 4.20. The molecular formula is C15H12Br2F6O2. The summed E-state index contributed by atoms with van der Waals surface area (Å²) in [7, 11) is 0. The van der Waals surface area contributed by atoms with Crippen LogP contribution < -0.4 is 4.74 Å². The molecule has 0 fully saturated rings. The van der Waals surface area contributed by atoms with Crippen LogP contribution in [0.25, 0.3) is 0 Å². The predicted molar refractivity (Wildman–Crippen MR) is 88.2 cm³/mol. The number of phenolic OH excluding ortho intramolecular Hbond substituents is 1. The van der Waals surface area contributed by atoms with Gasteiger partial charge in [-0.05, 0) is 24.3 Å². The number of alkyl halides is 4. The number of halogens is 8. The van der Waals surface area contributed by atoms with Crippen LogP contribution in [0.4, 0.5) is 26.3 Å².